The molecule has 1 aromatic carbocycles. The van der Waals surface area contributed by atoms with Gasteiger partial charge in [0.2, 0.25) is 0 Å². The van der Waals surface area contributed by atoms with Crippen LogP contribution in [0.25, 0.3) is 0 Å². The van der Waals surface area contributed by atoms with Crippen molar-refractivity contribution in [3.63, 3.8) is 0 Å². The topological polar surface area (TPSA) is 29.3 Å². The molecule has 0 aliphatic heterocycles. The van der Waals surface area contributed by atoms with Gasteiger partial charge in [-0.2, -0.15) is 0 Å². The van der Waals surface area contributed by atoms with E-state index in [0.29, 0.717) is 5.69 Å². The van der Waals surface area contributed by atoms with Crippen molar-refractivity contribution in [3.05, 3.63) is 24.0 Å². The maximum Gasteiger partial charge on any atom is 0.127 e. The van der Waals surface area contributed by atoms with Crippen molar-refractivity contribution < 1.29 is 4.39 Å². The Hall–Kier alpha value is -1.25. The van der Waals surface area contributed by atoms with E-state index in [4.69, 9.17) is 5.73 Å². The van der Waals surface area contributed by atoms with Gasteiger partial charge >= 0.3 is 0 Å². The van der Waals surface area contributed by atoms with Crippen LogP contribution >= 0.6 is 0 Å². The maximum atomic E-state index is 13.2. The van der Waals surface area contributed by atoms with Crippen LogP contribution in [0.1, 0.15) is 19.8 Å². The fourth-order valence-corrected chi connectivity index (χ4v) is 1.81. The minimum atomic E-state index is -0.251. The fourth-order valence-electron chi connectivity index (χ4n) is 1.81. The first-order valence-corrected chi connectivity index (χ1v) is 5.50. The molecule has 1 fully saturated rings. The SMILES string of the molecule is CCN(CC1CC1)c1cc(N)cc(F)c1. The summed E-state index contributed by atoms with van der Waals surface area (Å²) in [5, 5.41) is 0. The van der Waals surface area contributed by atoms with Crippen molar-refractivity contribution in [1.29, 1.82) is 0 Å². The Kier molecular flexibility index (Phi) is 2.80. The molecule has 0 unspecified atom stereocenters. The molecule has 2 nitrogen and oxygen atoms in total. The standard InChI is InChI=1S/C12H17FN2/c1-2-15(8-9-3-4-9)12-6-10(13)5-11(14)7-12/h5-7,9H,2-4,8,14H2,1H3. The third-order valence-electron chi connectivity index (χ3n) is 2.83. The van der Waals surface area contributed by atoms with Crippen LogP contribution in [0.5, 0.6) is 0 Å². The molecule has 0 atom stereocenters. The van der Waals surface area contributed by atoms with E-state index < -0.39 is 0 Å². The monoisotopic (exact) mass is 208 g/mol. The molecule has 2 rings (SSSR count). The molecular formula is C12H17FN2. The summed E-state index contributed by atoms with van der Waals surface area (Å²) >= 11 is 0. The zero-order valence-corrected chi connectivity index (χ0v) is 9.04. The lowest BCUT2D eigenvalue weighted by molar-refractivity contribution is 0.626. The van der Waals surface area contributed by atoms with Crippen LogP contribution in [0.3, 0.4) is 0 Å². The normalized spacial score (nSPS) is 15.3. The summed E-state index contributed by atoms with van der Waals surface area (Å²) in [6.07, 6.45) is 2.61. The number of anilines is 2. The smallest absolute Gasteiger partial charge is 0.127 e. The zero-order valence-electron chi connectivity index (χ0n) is 9.04. The number of nitrogen functional groups attached to an aromatic ring is 1. The Balaban J connectivity index is 2.16. The minimum Gasteiger partial charge on any atom is -0.399 e. The van der Waals surface area contributed by atoms with Crippen molar-refractivity contribution in [2.45, 2.75) is 19.8 Å². The van der Waals surface area contributed by atoms with Crippen LogP contribution in [0, 0.1) is 11.7 Å². The van der Waals surface area contributed by atoms with Crippen LogP contribution in [0.2, 0.25) is 0 Å². The van der Waals surface area contributed by atoms with Gasteiger partial charge in [0.15, 0.2) is 0 Å². The number of hydrogen-bond acceptors (Lipinski definition) is 2. The first-order chi connectivity index (χ1) is 7.19. The fraction of sp³-hybridized carbons (Fsp3) is 0.500. The highest BCUT2D eigenvalue weighted by atomic mass is 19.1. The molecule has 0 amide bonds. The third-order valence-corrected chi connectivity index (χ3v) is 2.83. The average Bonchev–Trinajstić information content (AvgIpc) is 2.96. The molecule has 82 valence electrons. The molecule has 0 radical (unpaired) electrons. The molecule has 1 aliphatic rings. The van der Waals surface area contributed by atoms with Crippen molar-refractivity contribution >= 4 is 11.4 Å². The molecule has 0 aromatic heterocycles. The Labute approximate surface area is 89.9 Å². The largest absolute Gasteiger partial charge is 0.399 e. The summed E-state index contributed by atoms with van der Waals surface area (Å²) in [7, 11) is 0. The van der Waals surface area contributed by atoms with Gasteiger partial charge in [-0.05, 0) is 43.9 Å². The summed E-state index contributed by atoms with van der Waals surface area (Å²) in [5.41, 5.74) is 7.04. The molecule has 0 saturated heterocycles. The van der Waals surface area contributed by atoms with Gasteiger partial charge in [0, 0.05) is 24.5 Å². The lowest BCUT2D eigenvalue weighted by atomic mass is 10.2. The van der Waals surface area contributed by atoms with E-state index in [2.05, 4.69) is 11.8 Å². The summed E-state index contributed by atoms with van der Waals surface area (Å²) in [6, 6.07) is 4.76. The third kappa shape index (κ3) is 2.61. The van der Waals surface area contributed by atoms with Gasteiger partial charge < -0.3 is 10.6 Å². The van der Waals surface area contributed by atoms with E-state index in [0.717, 1.165) is 24.7 Å². The molecule has 1 aromatic rings. The summed E-state index contributed by atoms with van der Waals surface area (Å²) < 4.78 is 13.2. The van der Waals surface area contributed by atoms with Crippen LogP contribution in [-0.2, 0) is 0 Å². The molecule has 15 heavy (non-hydrogen) atoms. The molecular weight excluding hydrogens is 191 g/mol. The molecule has 0 bridgehead atoms. The quantitative estimate of drug-likeness (QED) is 0.771. The Bertz CT molecular complexity index is 327. The van der Waals surface area contributed by atoms with Gasteiger partial charge in [-0.3, -0.25) is 0 Å². The number of nitrogens with zero attached hydrogens (tertiary/aromatic N) is 1. The predicted octanol–water partition coefficient (Wildman–Crippen LogP) is 2.64. The van der Waals surface area contributed by atoms with E-state index in [1.54, 1.807) is 6.07 Å². The van der Waals surface area contributed by atoms with E-state index in [-0.39, 0.29) is 5.82 Å². The van der Waals surface area contributed by atoms with Gasteiger partial charge in [-0.15, -0.1) is 0 Å². The average molecular weight is 208 g/mol. The lowest BCUT2D eigenvalue weighted by Crippen LogP contribution is -2.25. The van der Waals surface area contributed by atoms with Gasteiger partial charge in [-0.25, -0.2) is 4.39 Å². The minimum absolute atomic E-state index is 0.251. The maximum absolute atomic E-state index is 13.2. The second kappa shape index (κ2) is 4.09. The number of nitrogens with two attached hydrogens (primary N) is 1. The number of benzene rings is 1. The number of halogens is 1. The first-order valence-electron chi connectivity index (χ1n) is 5.50. The van der Waals surface area contributed by atoms with Gasteiger partial charge in [-0.1, -0.05) is 0 Å². The van der Waals surface area contributed by atoms with Crippen molar-refractivity contribution in [1.82, 2.24) is 0 Å². The lowest BCUT2D eigenvalue weighted by Gasteiger charge is -2.23. The summed E-state index contributed by atoms with van der Waals surface area (Å²) in [5.74, 6) is 0.550. The zero-order chi connectivity index (χ0) is 10.8. The highest BCUT2D eigenvalue weighted by molar-refractivity contribution is 5.56. The Morgan fingerprint density at radius 2 is 2.13 bits per heavy atom. The Morgan fingerprint density at radius 3 is 2.67 bits per heavy atom. The molecule has 0 spiro atoms. The second-order valence-electron chi connectivity index (χ2n) is 4.22. The highest BCUT2D eigenvalue weighted by Crippen LogP contribution is 2.31. The highest BCUT2D eigenvalue weighted by Gasteiger charge is 2.24. The van der Waals surface area contributed by atoms with E-state index >= 15 is 0 Å². The molecule has 1 aliphatic carbocycles. The first kappa shape index (κ1) is 10.3. The van der Waals surface area contributed by atoms with Crippen LogP contribution in [-0.4, -0.2) is 13.1 Å². The van der Waals surface area contributed by atoms with Gasteiger partial charge in [0.1, 0.15) is 5.82 Å². The van der Waals surface area contributed by atoms with Crippen molar-refractivity contribution in [2.24, 2.45) is 5.92 Å². The van der Waals surface area contributed by atoms with Crippen molar-refractivity contribution in [3.8, 4) is 0 Å². The van der Waals surface area contributed by atoms with Crippen molar-refractivity contribution in [2.75, 3.05) is 23.7 Å². The molecule has 1 saturated carbocycles. The van der Waals surface area contributed by atoms with Gasteiger partial charge in [0.05, 0.1) is 0 Å². The van der Waals surface area contributed by atoms with E-state index in [9.17, 15) is 4.39 Å². The van der Waals surface area contributed by atoms with Crippen LogP contribution in [0.15, 0.2) is 18.2 Å². The summed E-state index contributed by atoms with van der Waals surface area (Å²) in [4.78, 5) is 2.19. The number of hydrogen-bond donors (Lipinski definition) is 1. The molecule has 3 heteroatoms. The van der Waals surface area contributed by atoms with Crippen LogP contribution < -0.4 is 10.6 Å². The van der Waals surface area contributed by atoms with Crippen LogP contribution in [0.4, 0.5) is 15.8 Å². The summed E-state index contributed by atoms with van der Waals surface area (Å²) in [6.45, 7) is 4.02. The van der Waals surface area contributed by atoms with Gasteiger partial charge in [0.25, 0.3) is 0 Å². The van der Waals surface area contributed by atoms with E-state index in [1.807, 2.05) is 6.07 Å². The van der Waals surface area contributed by atoms with E-state index in [1.165, 1.54) is 18.9 Å². The number of rotatable bonds is 4. The predicted molar refractivity (Wildman–Crippen MR) is 61.4 cm³/mol. The Morgan fingerprint density at radius 1 is 1.40 bits per heavy atom. The molecule has 0 heterocycles. The molecule has 2 N–H and O–H groups in total. The second-order valence-corrected chi connectivity index (χ2v) is 4.22.